The summed E-state index contributed by atoms with van der Waals surface area (Å²) in [5.41, 5.74) is 1.04. The van der Waals surface area contributed by atoms with Crippen LogP contribution in [0.4, 0.5) is 0 Å². The molecule has 1 atom stereocenters. The molecule has 1 heterocycles. The Hall–Kier alpha value is -3.12. The quantitative estimate of drug-likeness (QED) is 0.794. The van der Waals surface area contributed by atoms with Gasteiger partial charge < -0.3 is 14.3 Å². The highest BCUT2D eigenvalue weighted by molar-refractivity contribution is 5.91. The lowest BCUT2D eigenvalue weighted by Gasteiger charge is -2.13. The van der Waals surface area contributed by atoms with E-state index in [9.17, 15) is 10.1 Å². The molecule has 6 nitrogen and oxygen atoms in total. The van der Waals surface area contributed by atoms with Gasteiger partial charge in [-0.05, 0) is 6.07 Å². The molecule has 1 aromatic carbocycles. The molecular weight excluding hydrogens is 270 g/mol. The molecule has 1 aromatic heterocycles. The van der Waals surface area contributed by atoms with Gasteiger partial charge in [0.25, 0.3) is 0 Å². The molecule has 2 aromatic rings. The van der Waals surface area contributed by atoms with E-state index in [0.29, 0.717) is 34.3 Å². The summed E-state index contributed by atoms with van der Waals surface area (Å²) in [4.78, 5) is 15.3. The smallest absolute Gasteiger partial charge is 0.162 e. The number of aromatic nitrogens is 1. The highest BCUT2D eigenvalue weighted by Crippen LogP contribution is 2.35. The van der Waals surface area contributed by atoms with Crippen molar-refractivity contribution in [1.82, 2.24) is 4.98 Å². The number of hydrogen-bond acceptors (Lipinski definition) is 6. The summed E-state index contributed by atoms with van der Waals surface area (Å²) in [7, 11) is 2.98. The van der Waals surface area contributed by atoms with Crippen LogP contribution in [-0.4, -0.2) is 25.5 Å². The zero-order chi connectivity index (χ0) is 15.4. The fourth-order valence-electron chi connectivity index (χ4n) is 2.13. The van der Waals surface area contributed by atoms with Crippen LogP contribution in [-0.2, 0) is 4.79 Å². The number of aldehydes is 1. The van der Waals surface area contributed by atoms with Crippen LogP contribution < -0.4 is 9.47 Å². The largest absolute Gasteiger partial charge is 0.493 e. The average molecular weight is 281 g/mol. The van der Waals surface area contributed by atoms with E-state index in [1.807, 2.05) is 12.1 Å². The van der Waals surface area contributed by atoms with Crippen molar-refractivity contribution < 1.29 is 14.3 Å². The molecule has 0 radical (unpaired) electrons. The molecule has 0 amide bonds. The van der Waals surface area contributed by atoms with E-state index in [2.05, 4.69) is 4.98 Å². The predicted octanol–water partition coefficient (Wildman–Crippen LogP) is 1.93. The first-order chi connectivity index (χ1) is 10.2. The highest BCUT2D eigenvalue weighted by Gasteiger charge is 2.20. The molecule has 2 rings (SSSR count). The van der Waals surface area contributed by atoms with Gasteiger partial charge in [0.05, 0.1) is 31.4 Å². The second-order valence-corrected chi connectivity index (χ2v) is 4.16. The third-order valence-electron chi connectivity index (χ3n) is 3.12. The van der Waals surface area contributed by atoms with Crippen molar-refractivity contribution >= 4 is 17.2 Å². The summed E-state index contributed by atoms with van der Waals surface area (Å²) in [6, 6.07) is 7.09. The minimum atomic E-state index is -1.04. The van der Waals surface area contributed by atoms with Crippen molar-refractivity contribution in [2.45, 2.75) is 5.92 Å². The van der Waals surface area contributed by atoms with Gasteiger partial charge in [0.15, 0.2) is 11.5 Å². The molecule has 6 heteroatoms. The molecule has 0 saturated heterocycles. The van der Waals surface area contributed by atoms with Gasteiger partial charge in [0.1, 0.15) is 18.3 Å². The Morgan fingerprint density at radius 1 is 1.24 bits per heavy atom. The number of benzene rings is 1. The van der Waals surface area contributed by atoms with Crippen LogP contribution in [0.3, 0.4) is 0 Å². The van der Waals surface area contributed by atoms with Gasteiger partial charge in [-0.3, -0.25) is 4.98 Å². The molecule has 0 N–H and O–H groups in total. The molecule has 1 unspecified atom stereocenters. The Balaban J connectivity index is 2.89. The van der Waals surface area contributed by atoms with E-state index in [1.165, 1.54) is 20.4 Å². The van der Waals surface area contributed by atoms with E-state index < -0.39 is 5.92 Å². The highest BCUT2D eigenvalue weighted by atomic mass is 16.5. The molecule has 0 saturated carbocycles. The number of nitriles is 2. The Labute approximate surface area is 121 Å². The number of fused-ring (bicyclic) bond motifs is 1. The van der Waals surface area contributed by atoms with Crippen LogP contribution in [0.15, 0.2) is 18.3 Å². The summed E-state index contributed by atoms with van der Waals surface area (Å²) >= 11 is 0. The first-order valence-electron chi connectivity index (χ1n) is 5.99. The maximum Gasteiger partial charge on any atom is 0.162 e. The first kappa shape index (κ1) is 14.3. The van der Waals surface area contributed by atoms with Crippen LogP contribution in [0.25, 0.3) is 10.9 Å². The maximum atomic E-state index is 11.1. The zero-order valence-corrected chi connectivity index (χ0v) is 11.5. The molecule has 0 aliphatic carbocycles. The topological polar surface area (TPSA) is 96.0 Å². The number of nitrogens with zero attached hydrogens (tertiary/aromatic N) is 3. The second kappa shape index (κ2) is 5.89. The average Bonchev–Trinajstić information content (AvgIpc) is 2.54. The van der Waals surface area contributed by atoms with Gasteiger partial charge in [-0.15, -0.1) is 0 Å². The monoisotopic (exact) mass is 281 g/mol. The standard InChI is InChI=1S/C15H11N3O3/c1-20-13-3-11-12(4-14(13)21-2)18-7-9(5-16)15(11)10(6-17)8-19/h3-4,7-8,10H,1-2H3. The summed E-state index contributed by atoms with van der Waals surface area (Å²) in [5, 5.41) is 18.8. The zero-order valence-electron chi connectivity index (χ0n) is 11.5. The Bertz CT molecular complexity index is 787. The van der Waals surface area contributed by atoms with E-state index >= 15 is 0 Å². The summed E-state index contributed by atoms with van der Waals surface area (Å²) < 4.78 is 10.4. The molecule has 0 fully saturated rings. The van der Waals surface area contributed by atoms with Gasteiger partial charge >= 0.3 is 0 Å². The van der Waals surface area contributed by atoms with Gasteiger partial charge in [-0.1, -0.05) is 0 Å². The number of methoxy groups -OCH3 is 2. The van der Waals surface area contributed by atoms with Gasteiger partial charge in [-0.25, -0.2) is 0 Å². The van der Waals surface area contributed by atoms with Crippen molar-refractivity contribution in [3.63, 3.8) is 0 Å². The number of carbonyl (C=O) groups excluding carboxylic acids is 1. The van der Waals surface area contributed by atoms with E-state index in [-0.39, 0.29) is 5.56 Å². The van der Waals surface area contributed by atoms with E-state index in [4.69, 9.17) is 14.7 Å². The normalized spacial score (nSPS) is 11.2. The van der Waals surface area contributed by atoms with Gasteiger partial charge in [0.2, 0.25) is 0 Å². The maximum absolute atomic E-state index is 11.1. The van der Waals surface area contributed by atoms with Crippen LogP contribution in [0.5, 0.6) is 11.5 Å². The minimum absolute atomic E-state index is 0.188. The molecular formula is C15H11N3O3. The van der Waals surface area contributed by atoms with E-state index in [0.717, 1.165) is 0 Å². The number of rotatable bonds is 4. The van der Waals surface area contributed by atoms with Crippen molar-refractivity contribution in [2.75, 3.05) is 14.2 Å². The Morgan fingerprint density at radius 3 is 2.43 bits per heavy atom. The third kappa shape index (κ3) is 2.35. The van der Waals surface area contributed by atoms with Crippen molar-refractivity contribution in [3.8, 4) is 23.6 Å². The molecule has 0 bridgehead atoms. The van der Waals surface area contributed by atoms with Gasteiger partial charge in [-0.2, -0.15) is 10.5 Å². The summed E-state index contributed by atoms with van der Waals surface area (Å²) in [5.74, 6) is -0.123. The lowest BCUT2D eigenvalue weighted by Crippen LogP contribution is -2.03. The number of hydrogen-bond donors (Lipinski definition) is 0. The number of pyridine rings is 1. The second-order valence-electron chi connectivity index (χ2n) is 4.16. The Morgan fingerprint density at radius 2 is 1.90 bits per heavy atom. The van der Waals surface area contributed by atoms with Crippen molar-refractivity contribution in [2.24, 2.45) is 0 Å². The molecule has 0 aliphatic heterocycles. The number of ether oxygens (including phenoxy) is 2. The SMILES string of the molecule is COc1cc2ncc(C#N)c(C(C#N)C=O)c2cc1OC. The van der Waals surface area contributed by atoms with Crippen molar-refractivity contribution in [3.05, 3.63) is 29.5 Å². The van der Waals surface area contributed by atoms with Crippen LogP contribution in [0, 0.1) is 22.7 Å². The fourth-order valence-corrected chi connectivity index (χ4v) is 2.13. The fraction of sp³-hybridized carbons (Fsp3) is 0.200. The van der Waals surface area contributed by atoms with Crippen LogP contribution >= 0.6 is 0 Å². The lowest BCUT2D eigenvalue weighted by molar-refractivity contribution is -0.108. The van der Waals surface area contributed by atoms with Crippen LogP contribution in [0.1, 0.15) is 17.0 Å². The molecule has 0 spiro atoms. The van der Waals surface area contributed by atoms with Gasteiger partial charge in [0, 0.05) is 23.2 Å². The van der Waals surface area contributed by atoms with Crippen LogP contribution in [0.2, 0.25) is 0 Å². The Kier molecular flexibility index (Phi) is 4.01. The first-order valence-corrected chi connectivity index (χ1v) is 5.99. The summed E-state index contributed by atoms with van der Waals surface area (Å²) in [6.45, 7) is 0. The lowest BCUT2D eigenvalue weighted by atomic mass is 9.93. The third-order valence-corrected chi connectivity index (χ3v) is 3.12. The molecule has 104 valence electrons. The summed E-state index contributed by atoms with van der Waals surface area (Å²) in [6.07, 6.45) is 1.85. The molecule has 0 aliphatic rings. The minimum Gasteiger partial charge on any atom is -0.493 e. The predicted molar refractivity (Wildman–Crippen MR) is 74.0 cm³/mol. The van der Waals surface area contributed by atoms with E-state index in [1.54, 1.807) is 12.1 Å². The molecule has 21 heavy (non-hydrogen) atoms. The number of carbonyl (C=O) groups is 1. The van der Waals surface area contributed by atoms with Crippen molar-refractivity contribution in [1.29, 1.82) is 10.5 Å².